The van der Waals surface area contributed by atoms with Crippen LogP contribution in [0.5, 0.6) is 0 Å². The van der Waals surface area contributed by atoms with Crippen LogP contribution in [0.15, 0.2) is 5.38 Å². The van der Waals surface area contributed by atoms with Crippen molar-refractivity contribution in [2.45, 2.75) is 70.9 Å². The number of nitrogens with one attached hydrogen (secondary N) is 2. The highest BCUT2D eigenvalue weighted by atomic mass is 32.1. The molecule has 2 N–H and O–H groups in total. The van der Waals surface area contributed by atoms with Crippen molar-refractivity contribution in [2.75, 3.05) is 31.6 Å². The second-order valence-electron chi connectivity index (χ2n) is 9.13. The molecule has 0 aromatic carbocycles. The number of rotatable bonds is 7. The van der Waals surface area contributed by atoms with Crippen molar-refractivity contribution >= 4 is 34.3 Å². The molecule has 3 rings (SSSR count). The predicted molar refractivity (Wildman–Crippen MR) is 120 cm³/mol. The number of piperidine rings is 1. The quantitative estimate of drug-likeness (QED) is 0.613. The molecule has 0 spiro atoms. The third-order valence-electron chi connectivity index (χ3n) is 5.24. The average Bonchev–Trinajstić information content (AvgIpc) is 3.42. The zero-order valence-electron chi connectivity index (χ0n) is 18.8. The van der Waals surface area contributed by atoms with Crippen LogP contribution >= 0.6 is 11.3 Å². The van der Waals surface area contributed by atoms with Crippen molar-refractivity contribution in [3.63, 3.8) is 0 Å². The molecule has 9 heteroatoms. The summed E-state index contributed by atoms with van der Waals surface area (Å²) in [5.41, 5.74) is 0.989. The number of alkyl carbamates (subject to hydrolysis) is 1. The number of hydrogen-bond acceptors (Lipinski definition) is 7. The summed E-state index contributed by atoms with van der Waals surface area (Å²) in [4.78, 5) is 39.1. The first-order chi connectivity index (χ1) is 14.7. The monoisotopic (exact) mass is 451 g/mol. The first-order valence-electron chi connectivity index (χ1n) is 11.0. The van der Waals surface area contributed by atoms with Crippen LogP contribution in [0.25, 0.3) is 0 Å². The number of amides is 2. The number of carbonyl (C=O) groups is 3. The lowest BCUT2D eigenvalue weighted by molar-refractivity contribution is -0.117. The Bertz CT molecular complexity index is 805. The van der Waals surface area contributed by atoms with E-state index in [0.29, 0.717) is 36.2 Å². The van der Waals surface area contributed by atoms with Gasteiger partial charge in [-0.2, -0.15) is 0 Å². The van der Waals surface area contributed by atoms with Gasteiger partial charge in [-0.1, -0.05) is 0 Å². The molecular formula is C22H33N3O5S. The molecule has 1 saturated carbocycles. The van der Waals surface area contributed by atoms with Crippen molar-refractivity contribution in [3.05, 3.63) is 16.5 Å². The SMILES string of the molecule is CCOC(=O)c1c(C2CC2)csc1NC(=O)CN1CCC(NC(=O)OC(C)(C)C)CC1. The molecule has 1 aliphatic heterocycles. The fourth-order valence-electron chi connectivity index (χ4n) is 3.65. The molecule has 2 amide bonds. The zero-order valence-corrected chi connectivity index (χ0v) is 19.6. The average molecular weight is 452 g/mol. The first-order valence-corrected chi connectivity index (χ1v) is 11.8. The minimum absolute atomic E-state index is 0.0444. The summed E-state index contributed by atoms with van der Waals surface area (Å²) in [5.74, 6) is -0.110. The van der Waals surface area contributed by atoms with Crippen LogP contribution in [0.3, 0.4) is 0 Å². The van der Waals surface area contributed by atoms with Crippen LogP contribution in [-0.2, 0) is 14.3 Å². The molecule has 1 aromatic heterocycles. The zero-order chi connectivity index (χ0) is 22.6. The van der Waals surface area contributed by atoms with Crippen LogP contribution in [0.4, 0.5) is 9.80 Å². The van der Waals surface area contributed by atoms with E-state index in [-0.39, 0.29) is 24.5 Å². The number of hydrogen-bond donors (Lipinski definition) is 2. The number of anilines is 1. The summed E-state index contributed by atoms with van der Waals surface area (Å²) in [6, 6.07) is 0.0444. The van der Waals surface area contributed by atoms with Gasteiger partial charge in [-0.3, -0.25) is 9.69 Å². The third kappa shape index (κ3) is 6.93. The largest absolute Gasteiger partial charge is 0.462 e. The number of esters is 1. The molecule has 1 saturated heterocycles. The number of thiophene rings is 1. The third-order valence-corrected chi connectivity index (χ3v) is 6.16. The molecule has 2 fully saturated rings. The van der Waals surface area contributed by atoms with Gasteiger partial charge < -0.3 is 20.1 Å². The molecule has 1 aliphatic carbocycles. The van der Waals surface area contributed by atoms with E-state index < -0.39 is 11.7 Å². The van der Waals surface area contributed by atoms with E-state index in [0.717, 1.165) is 31.2 Å². The van der Waals surface area contributed by atoms with Crippen molar-refractivity contribution in [1.29, 1.82) is 0 Å². The number of carbonyl (C=O) groups excluding carboxylic acids is 3. The molecule has 0 unspecified atom stereocenters. The Hall–Kier alpha value is -2.13. The Morgan fingerprint density at radius 1 is 1.16 bits per heavy atom. The van der Waals surface area contributed by atoms with Crippen LogP contribution < -0.4 is 10.6 Å². The maximum atomic E-state index is 12.6. The fourth-order valence-corrected chi connectivity index (χ4v) is 4.70. The number of ether oxygens (including phenoxy) is 2. The van der Waals surface area contributed by atoms with Crippen LogP contribution in [0.2, 0.25) is 0 Å². The Morgan fingerprint density at radius 2 is 1.84 bits per heavy atom. The lowest BCUT2D eigenvalue weighted by Gasteiger charge is -2.32. The van der Waals surface area contributed by atoms with E-state index in [1.54, 1.807) is 6.92 Å². The van der Waals surface area contributed by atoms with E-state index >= 15 is 0 Å². The summed E-state index contributed by atoms with van der Waals surface area (Å²) in [6.45, 7) is 9.25. The minimum Gasteiger partial charge on any atom is -0.462 e. The number of nitrogens with zero attached hydrogens (tertiary/aromatic N) is 1. The molecule has 2 aliphatic rings. The highest BCUT2D eigenvalue weighted by Crippen LogP contribution is 2.46. The molecular weight excluding hydrogens is 418 g/mol. The second-order valence-corrected chi connectivity index (χ2v) is 10.0. The van der Waals surface area contributed by atoms with Gasteiger partial charge >= 0.3 is 12.1 Å². The highest BCUT2D eigenvalue weighted by molar-refractivity contribution is 7.15. The van der Waals surface area contributed by atoms with Crippen molar-refractivity contribution in [2.24, 2.45) is 0 Å². The lowest BCUT2D eigenvalue weighted by atomic mass is 10.1. The standard InChI is InChI=1S/C22H33N3O5S/c1-5-29-20(27)18-16(14-6-7-14)13-31-19(18)24-17(26)12-25-10-8-15(9-11-25)23-21(28)30-22(2,3)4/h13-15H,5-12H2,1-4H3,(H,23,28)(H,24,26). The van der Waals surface area contributed by atoms with Crippen molar-refractivity contribution in [1.82, 2.24) is 10.2 Å². The van der Waals surface area contributed by atoms with Crippen LogP contribution in [-0.4, -0.2) is 60.8 Å². The maximum Gasteiger partial charge on any atom is 0.407 e. The maximum absolute atomic E-state index is 12.6. The smallest absolute Gasteiger partial charge is 0.407 e. The molecule has 1 aromatic rings. The van der Waals surface area contributed by atoms with E-state index in [1.165, 1.54) is 11.3 Å². The second kappa shape index (κ2) is 9.99. The summed E-state index contributed by atoms with van der Waals surface area (Å²) in [5, 5.41) is 8.36. The molecule has 0 radical (unpaired) electrons. The van der Waals surface area contributed by atoms with Gasteiger partial charge in [-0.05, 0) is 70.2 Å². The highest BCUT2D eigenvalue weighted by Gasteiger charge is 2.32. The first kappa shape index (κ1) is 23.5. The summed E-state index contributed by atoms with van der Waals surface area (Å²) in [6.07, 6.45) is 3.25. The lowest BCUT2D eigenvalue weighted by Crippen LogP contribution is -2.47. The fraction of sp³-hybridized carbons (Fsp3) is 0.682. The molecule has 2 heterocycles. The van der Waals surface area contributed by atoms with Crippen LogP contribution in [0, 0.1) is 0 Å². The Kier molecular flexibility index (Phi) is 7.59. The van der Waals surface area contributed by atoms with Crippen molar-refractivity contribution in [3.8, 4) is 0 Å². The Morgan fingerprint density at radius 3 is 2.42 bits per heavy atom. The van der Waals surface area contributed by atoms with Gasteiger partial charge in [0, 0.05) is 19.1 Å². The van der Waals surface area contributed by atoms with E-state index in [2.05, 4.69) is 15.5 Å². The molecule has 172 valence electrons. The molecule has 8 nitrogen and oxygen atoms in total. The van der Waals surface area contributed by atoms with Gasteiger partial charge in [0.25, 0.3) is 0 Å². The molecule has 31 heavy (non-hydrogen) atoms. The molecule has 0 bridgehead atoms. The van der Waals surface area contributed by atoms with Gasteiger partial charge in [-0.15, -0.1) is 11.3 Å². The minimum atomic E-state index is -0.521. The van der Waals surface area contributed by atoms with Crippen LogP contribution in [0.1, 0.15) is 75.2 Å². The van der Waals surface area contributed by atoms with E-state index in [1.807, 2.05) is 26.2 Å². The summed E-state index contributed by atoms with van der Waals surface area (Å²) in [7, 11) is 0. The van der Waals surface area contributed by atoms with Gasteiger partial charge in [-0.25, -0.2) is 9.59 Å². The van der Waals surface area contributed by atoms with E-state index in [9.17, 15) is 14.4 Å². The van der Waals surface area contributed by atoms with Gasteiger partial charge in [0.05, 0.1) is 18.7 Å². The van der Waals surface area contributed by atoms with Gasteiger partial charge in [0.1, 0.15) is 10.6 Å². The summed E-state index contributed by atoms with van der Waals surface area (Å²) >= 11 is 1.39. The number of likely N-dealkylation sites (tertiary alicyclic amines) is 1. The predicted octanol–water partition coefficient (Wildman–Crippen LogP) is 3.73. The normalized spacial score (nSPS) is 17.8. The topological polar surface area (TPSA) is 97.0 Å². The Balaban J connectivity index is 1.49. The van der Waals surface area contributed by atoms with E-state index in [4.69, 9.17) is 9.47 Å². The molecule has 0 atom stereocenters. The van der Waals surface area contributed by atoms with Crippen molar-refractivity contribution < 1.29 is 23.9 Å². The summed E-state index contributed by atoms with van der Waals surface area (Å²) < 4.78 is 10.5. The van der Waals surface area contributed by atoms with Gasteiger partial charge in [0.15, 0.2) is 0 Å². The van der Waals surface area contributed by atoms with Gasteiger partial charge in [0.2, 0.25) is 5.91 Å². The Labute approximate surface area is 187 Å².